The standard InChI is InChI=1S/C10H16O/c1-4-6-10(5-2)8-7-9(3)11/h4-6,9,11H,1-2,7-8H2,3H3/b10-6+. The highest BCUT2D eigenvalue weighted by atomic mass is 16.3. The van der Waals surface area contributed by atoms with Gasteiger partial charge < -0.3 is 5.11 Å². The van der Waals surface area contributed by atoms with E-state index in [9.17, 15) is 0 Å². The van der Waals surface area contributed by atoms with Gasteiger partial charge in [-0.15, -0.1) is 0 Å². The zero-order valence-corrected chi connectivity index (χ0v) is 7.09. The molecule has 1 nitrogen and oxygen atoms in total. The molecule has 0 saturated carbocycles. The molecule has 0 heterocycles. The number of hydrogen-bond donors (Lipinski definition) is 1. The van der Waals surface area contributed by atoms with Crippen LogP contribution in [0.4, 0.5) is 0 Å². The SMILES string of the molecule is C=C/C=C(\C=C)CCC(C)O. The summed E-state index contributed by atoms with van der Waals surface area (Å²) in [4.78, 5) is 0. The van der Waals surface area contributed by atoms with E-state index in [-0.39, 0.29) is 6.10 Å². The second-order valence-corrected chi connectivity index (χ2v) is 2.57. The molecule has 11 heavy (non-hydrogen) atoms. The summed E-state index contributed by atoms with van der Waals surface area (Å²) in [5, 5.41) is 8.98. The molecule has 0 amide bonds. The first-order chi connectivity index (χ1) is 5.20. The van der Waals surface area contributed by atoms with Gasteiger partial charge in [-0.05, 0) is 25.3 Å². The molecule has 1 N–H and O–H groups in total. The van der Waals surface area contributed by atoms with Crippen LogP contribution in [0.25, 0.3) is 0 Å². The lowest BCUT2D eigenvalue weighted by atomic mass is 10.1. The Hall–Kier alpha value is -0.820. The van der Waals surface area contributed by atoms with Gasteiger partial charge >= 0.3 is 0 Å². The maximum atomic E-state index is 8.98. The molecule has 1 atom stereocenters. The summed E-state index contributed by atoms with van der Waals surface area (Å²) in [6.45, 7) is 9.04. The Bertz CT molecular complexity index is 154. The first kappa shape index (κ1) is 10.2. The van der Waals surface area contributed by atoms with Crippen molar-refractivity contribution in [3.8, 4) is 0 Å². The van der Waals surface area contributed by atoms with Crippen LogP contribution in [0.15, 0.2) is 37.0 Å². The predicted molar refractivity (Wildman–Crippen MR) is 49.4 cm³/mol. The molecule has 0 radical (unpaired) electrons. The molecule has 0 aliphatic rings. The van der Waals surface area contributed by atoms with E-state index in [2.05, 4.69) is 13.2 Å². The zero-order chi connectivity index (χ0) is 8.69. The lowest BCUT2D eigenvalue weighted by molar-refractivity contribution is 0.185. The fourth-order valence-corrected chi connectivity index (χ4v) is 0.780. The summed E-state index contributed by atoms with van der Waals surface area (Å²) in [7, 11) is 0. The Morgan fingerprint density at radius 3 is 2.55 bits per heavy atom. The van der Waals surface area contributed by atoms with Crippen molar-refractivity contribution in [2.24, 2.45) is 0 Å². The van der Waals surface area contributed by atoms with E-state index in [1.807, 2.05) is 6.08 Å². The van der Waals surface area contributed by atoms with Crippen LogP contribution in [0.1, 0.15) is 19.8 Å². The van der Waals surface area contributed by atoms with Crippen LogP contribution >= 0.6 is 0 Å². The Balaban J connectivity index is 3.79. The number of hydrogen-bond acceptors (Lipinski definition) is 1. The summed E-state index contributed by atoms with van der Waals surface area (Å²) >= 11 is 0. The maximum absolute atomic E-state index is 8.98. The van der Waals surface area contributed by atoms with Crippen molar-refractivity contribution >= 4 is 0 Å². The fourth-order valence-electron chi connectivity index (χ4n) is 0.780. The second kappa shape index (κ2) is 5.93. The second-order valence-electron chi connectivity index (χ2n) is 2.57. The lowest BCUT2D eigenvalue weighted by Crippen LogP contribution is -1.98. The topological polar surface area (TPSA) is 20.2 Å². The van der Waals surface area contributed by atoms with E-state index in [4.69, 9.17) is 5.11 Å². The van der Waals surface area contributed by atoms with Gasteiger partial charge in [0.05, 0.1) is 6.10 Å². The molecule has 0 saturated heterocycles. The van der Waals surface area contributed by atoms with Crippen molar-refractivity contribution in [3.05, 3.63) is 37.0 Å². The molecule has 62 valence electrons. The molecule has 0 bridgehead atoms. The molecule has 0 spiro atoms. The Labute approximate surface area is 68.7 Å². The van der Waals surface area contributed by atoms with Crippen LogP contribution in [0, 0.1) is 0 Å². The number of allylic oxidation sites excluding steroid dienone is 4. The molecule has 0 aliphatic heterocycles. The third kappa shape index (κ3) is 5.62. The number of rotatable bonds is 5. The van der Waals surface area contributed by atoms with Crippen LogP contribution in [0.2, 0.25) is 0 Å². The van der Waals surface area contributed by atoms with Crippen molar-refractivity contribution in [1.29, 1.82) is 0 Å². The summed E-state index contributed by atoms with van der Waals surface area (Å²) in [5.74, 6) is 0. The normalized spacial score (nSPS) is 14.2. The Morgan fingerprint density at radius 1 is 1.55 bits per heavy atom. The molecule has 1 unspecified atom stereocenters. The average molecular weight is 152 g/mol. The lowest BCUT2D eigenvalue weighted by Gasteiger charge is -2.03. The van der Waals surface area contributed by atoms with Gasteiger partial charge in [0.15, 0.2) is 0 Å². The summed E-state index contributed by atoms with van der Waals surface area (Å²) in [6.07, 6.45) is 6.86. The third-order valence-corrected chi connectivity index (χ3v) is 1.44. The van der Waals surface area contributed by atoms with Gasteiger partial charge in [-0.1, -0.05) is 31.4 Å². The van der Waals surface area contributed by atoms with E-state index in [1.165, 1.54) is 0 Å². The highest BCUT2D eigenvalue weighted by molar-refractivity contribution is 5.20. The zero-order valence-electron chi connectivity index (χ0n) is 7.09. The Morgan fingerprint density at radius 2 is 2.18 bits per heavy atom. The minimum absolute atomic E-state index is 0.233. The van der Waals surface area contributed by atoms with E-state index in [0.29, 0.717) is 0 Å². The molecular formula is C10H16O. The first-order valence-corrected chi connectivity index (χ1v) is 3.82. The van der Waals surface area contributed by atoms with Gasteiger partial charge in [-0.25, -0.2) is 0 Å². The van der Waals surface area contributed by atoms with Crippen LogP contribution in [0.3, 0.4) is 0 Å². The third-order valence-electron chi connectivity index (χ3n) is 1.44. The summed E-state index contributed by atoms with van der Waals surface area (Å²) in [5.41, 5.74) is 1.13. The Kier molecular flexibility index (Phi) is 5.49. The minimum Gasteiger partial charge on any atom is -0.393 e. The molecule has 1 heteroatoms. The fraction of sp³-hybridized carbons (Fsp3) is 0.400. The van der Waals surface area contributed by atoms with Crippen LogP contribution < -0.4 is 0 Å². The van der Waals surface area contributed by atoms with Crippen molar-refractivity contribution in [1.82, 2.24) is 0 Å². The minimum atomic E-state index is -0.233. The molecule has 0 aromatic heterocycles. The van der Waals surface area contributed by atoms with Crippen molar-refractivity contribution < 1.29 is 5.11 Å². The summed E-state index contributed by atoms with van der Waals surface area (Å²) in [6, 6.07) is 0. The van der Waals surface area contributed by atoms with Gasteiger partial charge in [-0.2, -0.15) is 0 Å². The average Bonchev–Trinajstić information content (AvgIpc) is 1.97. The highest BCUT2D eigenvalue weighted by Gasteiger charge is 1.96. The predicted octanol–water partition coefficient (Wildman–Crippen LogP) is 2.45. The van der Waals surface area contributed by atoms with Gasteiger partial charge in [0, 0.05) is 0 Å². The first-order valence-electron chi connectivity index (χ1n) is 3.82. The van der Waals surface area contributed by atoms with E-state index < -0.39 is 0 Å². The maximum Gasteiger partial charge on any atom is 0.0515 e. The van der Waals surface area contributed by atoms with Crippen molar-refractivity contribution in [2.45, 2.75) is 25.9 Å². The van der Waals surface area contributed by atoms with Crippen LogP contribution in [-0.4, -0.2) is 11.2 Å². The molecule has 0 aromatic carbocycles. The molecule has 0 aliphatic carbocycles. The highest BCUT2D eigenvalue weighted by Crippen LogP contribution is 2.08. The molecular weight excluding hydrogens is 136 g/mol. The monoisotopic (exact) mass is 152 g/mol. The molecule has 0 aromatic rings. The quantitative estimate of drug-likeness (QED) is 0.600. The smallest absolute Gasteiger partial charge is 0.0515 e. The van der Waals surface area contributed by atoms with Gasteiger partial charge in [0.2, 0.25) is 0 Å². The van der Waals surface area contributed by atoms with E-state index in [0.717, 1.165) is 18.4 Å². The van der Waals surface area contributed by atoms with E-state index >= 15 is 0 Å². The van der Waals surface area contributed by atoms with Crippen LogP contribution in [-0.2, 0) is 0 Å². The molecule has 0 fully saturated rings. The summed E-state index contributed by atoms with van der Waals surface area (Å²) < 4.78 is 0. The largest absolute Gasteiger partial charge is 0.393 e. The van der Waals surface area contributed by atoms with Gasteiger partial charge in [0.1, 0.15) is 0 Å². The van der Waals surface area contributed by atoms with Gasteiger partial charge in [0.25, 0.3) is 0 Å². The van der Waals surface area contributed by atoms with Gasteiger partial charge in [-0.3, -0.25) is 0 Å². The van der Waals surface area contributed by atoms with Crippen molar-refractivity contribution in [2.75, 3.05) is 0 Å². The van der Waals surface area contributed by atoms with Crippen LogP contribution in [0.5, 0.6) is 0 Å². The number of aliphatic hydroxyl groups excluding tert-OH is 1. The molecule has 0 rings (SSSR count). The van der Waals surface area contributed by atoms with Crippen molar-refractivity contribution in [3.63, 3.8) is 0 Å². The van der Waals surface area contributed by atoms with E-state index in [1.54, 1.807) is 19.1 Å². The number of aliphatic hydroxyl groups is 1.